The van der Waals surface area contributed by atoms with Crippen molar-refractivity contribution in [2.24, 2.45) is 0 Å². The van der Waals surface area contributed by atoms with E-state index >= 15 is 0 Å². The Kier molecular flexibility index (Phi) is 5.44. The zero-order valence-corrected chi connectivity index (χ0v) is 15.5. The number of hydrogen-bond donors (Lipinski definition) is 1. The van der Waals surface area contributed by atoms with E-state index in [1.807, 2.05) is 31.2 Å². The summed E-state index contributed by atoms with van der Waals surface area (Å²) < 4.78 is 1.05. The van der Waals surface area contributed by atoms with Gasteiger partial charge in [-0.15, -0.1) is 11.8 Å². The third-order valence-corrected chi connectivity index (χ3v) is 5.82. The number of hydrogen-bond acceptors (Lipinski definition) is 2. The van der Waals surface area contributed by atoms with Crippen LogP contribution >= 0.6 is 27.7 Å². The number of fused-ring (bicyclic) bond motifs is 1. The molecule has 1 N–H and O–H groups in total. The minimum absolute atomic E-state index is 0.106. The monoisotopic (exact) mass is 389 g/mol. The van der Waals surface area contributed by atoms with Gasteiger partial charge in [-0.1, -0.05) is 40.2 Å². The molecule has 3 rings (SSSR count). The number of carbonyl (C=O) groups is 1. The first-order chi connectivity index (χ1) is 11.1. The van der Waals surface area contributed by atoms with E-state index in [0.29, 0.717) is 0 Å². The summed E-state index contributed by atoms with van der Waals surface area (Å²) >= 11 is 5.03. The van der Waals surface area contributed by atoms with Crippen molar-refractivity contribution in [3.63, 3.8) is 0 Å². The van der Waals surface area contributed by atoms with Crippen LogP contribution in [0.4, 0.5) is 0 Å². The Balaban J connectivity index is 1.64. The number of halogens is 1. The van der Waals surface area contributed by atoms with E-state index in [4.69, 9.17) is 0 Å². The minimum Gasteiger partial charge on any atom is -0.348 e. The summed E-state index contributed by atoms with van der Waals surface area (Å²) in [6.07, 6.45) is 3.28. The van der Waals surface area contributed by atoms with Crippen molar-refractivity contribution in [3.05, 3.63) is 64.1 Å². The van der Waals surface area contributed by atoms with Gasteiger partial charge >= 0.3 is 0 Å². The van der Waals surface area contributed by atoms with Crippen molar-refractivity contribution >= 4 is 33.6 Å². The van der Waals surface area contributed by atoms with E-state index in [0.717, 1.165) is 28.6 Å². The van der Waals surface area contributed by atoms with Gasteiger partial charge in [-0.25, -0.2) is 0 Å². The molecular formula is C19H20BrNOS. The molecule has 4 heteroatoms. The fourth-order valence-corrected chi connectivity index (χ4v) is 4.10. The van der Waals surface area contributed by atoms with Crippen LogP contribution in [0.25, 0.3) is 0 Å². The topological polar surface area (TPSA) is 29.1 Å². The Morgan fingerprint density at radius 2 is 1.96 bits per heavy atom. The molecule has 0 spiro atoms. The van der Waals surface area contributed by atoms with Gasteiger partial charge in [-0.05, 0) is 61.6 Å². The maximum Gasteiger partial charge on any atom is 0.233 e. The summed E-state index contributed by atoms with van der Waals surface area (Å²) in [4.78, 5) is 13.7. The third-order valence-electron chi connectivity index (χ3n) is 4.18. The zero-order chi connectivity index (χ0) is 16.2. The molecule has 1 aliphatic rings. The Bertz CT molecular complexity index is 686. The van der Waals surface area contributed by atoms with Crippen molar-refractivity contribution in [2.75, 3.05) is 0 Å². The molecule has 1 aliphatic carbocycles. The normalized spacial score (nSPS) is 18.1. The first-order valence-electron chi connectivity index (χ1n) is 7.94. The molecule has 23 heavy (non-hydrogen) atoms. The van der Waals surface area contributed by atoms with E-state index in [2.05, 4.69) is 45.5 Å². The molecule has 0 aliphatic heterocycles. The molecule has 0 saturated heterocycles. The molecule has 1 amide bonds. The Morgan fingerprint density at radius 3 is 2.74 bits per heavy atom. The lowest BCUT2D eigenvalue weighted by molar-refractivity contribution is -0.121. The van der Waals surface area contributed by atoms with Crippen LogP contribution in [-0.2, 0) is 11.2 Å². The molecule has 0 unspecified atom stereocenters. The molecule has 0 radical (unpaired) electrons. The van der Waals surface area contributed by atoms with Crippen LogP contribution in [0, 0.1) is 0 Å². The zero-order valence-electron chi connectivity index (χ0n) is 13.1. The molecular weight excluding hydrogens is 370 g/mol. The van der Waals surface area contributed by atoms with Crippen LogP contribution in [0.5, 0.6) is 0 Å². The van der Waals surface area contributed by atoms with Gasteiger partial charge in [-0.3, -0.25) is 4.79 Å². The third kappa shape index (κ3) is 4.18. The highest BCUT2D eigenvalue weighted by Crippen LogP contribution is 2.31. The highest BCUT2D eigenvalue weighted by molar-refractivity contribution is 9.10. The summed E-state index contributed by atoms with van der Waals surface area (Å²) in [5, 5.41) is 3.13. The summed E-state index contributed by atoms with van der Waals surface area (Å²) in [6.45, 7) is 1.97. The largest absolute Gasteiger partial charge is 0.348 e. The van der Waals surface area contributed by atoms with Gasteiger partial charge in [0.1, 0.15) is 0 Å². The molecule has 0 heterocycles. The van der Waals surface area contributed by atoms with E-state index < -0.39 is 0 Å². The van der Waals surface area contributed by atoms with Crippen LogP contribution in [0.2, 0.25) is 0 Å². The predicted molar refractivity (Wildman–Crippen MR) is 99.7 cm³/mol. The molecule has 0 saturated carbocycles. The van der Waals surface area contributed by atoms with Crippen molar-refractivity contribution in [1.29, 1.82) is 0 Å². The second-order valence-corrected chi connectivity index (χ2v) is 8.20. The average Bonchev–Trinajstić information content (AvgIpc) is 2.57. The first kappa shape index (κ1) is 16.6. The standard InChI is InChI=1S/C19H20BrNOS/c1-13(23-16-11-9-15(20)10-12-16)19(22)21-18-8-4-6-14-5-2-3-7-17(14)18/h2-3,5,7,9-13,18H,4,6,8H2,1H3,(H,21,22)/t13-,18-/m0/s1. The number of carbonyl (C=O) groups excluding carboxylic acids is 1. The summed E-state index contributed by atoms with van der Waals surface area (Å²) in [6, 6.07) is 16.7. The van der Waals surface area contributed by atoms with Gasteiger partial charge in [0.25, 0.3) is 0 Å². The molecule has 2 atom stereocenters. The number of rotatable bonds is 4. The van der Waals surface area contributed by atoms with Gasteiger partial charge in [0.15, 0.2) is 0 Å². The average molecular weight is 390 g/mol. The number of nitrogens with one attached hydrogen (secondary N) is 1. The maximum absolute atomic E-state index is 12.6. The van der Waals surface area contributed by atoms with Crippen molar-refractivity contribution < 1.29 is 4.79 Å². The smallest absolute Gasteiger partial charge is 0.233 e. The number of thioether (sulfide) groups is 1. The second-order valence-electron chi connectivity index (χ2n) is 5.87. The van der Waals surface area contributed by atoms with Gasteiger partial charge in [-0.2, -0.15) is 0 Å². The lowest BCUT2D eigenvalue weighted by atomic mass is 9.88. The van der Waals surface area contributed by atoms with Gasteiger partial charge in [0.05, 0.1) is 11.3 Å². The van der Waals surface area contributed by atoms with Crippen molar-refractivity contribution in [3.8, 4) is 0 Å². The molecule has 120 valence electrons. The van der Waals surface area contributed by atoms with Crippen LogP contribution in [0.3, 0.4) is 0 Å². The van der Waals surface area contributed by atoms with Crippen molar-refractivity contribution in [2.45, 2.75) is 42.4 Å². The van der Waals surface area contributed by atoms with Crippen molar-refractivity contribution in [1.82, 2.24) is 5.32 Å². The Labute approximate surface area is 150 Å². The van der Waals surface area contributed by atoms with E-state index in [1.165, 1.54) is 11.1 Å². The lowest BCUT2D eigenvalue weighted by Gasteiger charge is -2.27. The fourth-order valence-electron chi connectivity index (χ4n) is 2.96. The molecule has 0 aromatic heterocycles. The van der Waals surface area contributed by atoms with Gasteiger partial charge in [0.2, 0.25) is 5.91 Å². The van der Waals surface area contributed by atoms with Crippen LogP contribution < -0.4 is 5.32 Å². The maximum atomic E-state index is 12.6. The highest BCUT2D eigenvalue weighted by atomic mass is 79.9. The quantitative estimate of drug-likeness (QED) is 0.734. The fraction of sp³-hybridized carbons (Fsp3) is 0.316. The summed E-state index contributed by atoms with van der Waals surface area (Å²) in [5.41, 5.74) is 2.66. The Morgan fingerprint density at radius 1 is 1.22 bits per heavy atom. The minimum atomic E-state index is -0.106. The SMILES string of the molecule is C[C@H](Sc1ccc(Br)cc1)C(=O)N[C@H]1CCCc2ccccc21. The molecule has 2 aromatic rings. The second kappa shape index (κ2) is 7.54. The lowest BCUT2D eigenvalue weighted by Crippen LogP contribution is -2.35. The van der Waals surface area contributed by atoms with Gasteiger partial charge in [0, 0.05) is 9.37 Å². The number of benzene rings is 2. The number of amides is 1. The molecule has 0 fully saturated rings. The van der Waals surface area contributed by atoms with Gasteiger partial charge < -0.3 is 5.32 Å². The van der Waals surface area contributed by atoms with Crippen LogP contribution in [-0.4, -0.2) is 11.2 Å². The Hall–Kier alpha value is -1.26. The first-order valence-corrected chi connectivity index (χ1v) is 9.61. The van der Waals surface area contributed by atoms with E-state index in [-0.39, 0.29) is 17.2 Å². The summed E-state index contributed by atoms with van der Waals surface area (Å²) in [7, 11) is 0. The molecule has 2 aromatic carbocycles. The highest BCUT2D eigenvalue weighted by Gasteiger charge is 2.23. The predicted octanol–water partition coefficient (Wildman–Crippen LogP) is 5.12. The molecule has 2 nitrogen and oxygen atoms in total. The van der Waals surface area contributed by atoms with Crippen LogP contribution in [0.1, 0.15) is 36.9 Å². The molecule has 0 bridgehead atoms. The van der Waals surface area contributed by atoms with E-state index in [1.54, 1.807) is 11.8 Å². The van der Waals surface area contributed by atoms with Crippen LogP contribution in [0.15, 0.2) is 57.9 Å². The summed E-state index contributed by atoms with van der Waals surface area (Å²) in [5.74, 6) is 0.111. The number of aryl methyl sites for hydroxylation is 1. The van der Waals surface area contributed by atoms with E-state index in [9.17, 15) is 4.79 Å².